The number of hydrogen-bond acceptors (Lipinski definition) is 4. The number of ether oxygens (including phenoxy) is 1. The first-order valence-corrected chi connectivity index (χ1v) is 6.29. The fourth-order valence-corrected chi connectivity index (χ4v) is 2.38. The van der Waals surface area contributed by atoms with Gasteiger partial charge in [0.2, 0.25) is 0 Å². The molecule has 98 valence electrons. The number of aliphatic hydroxyl groups excluding tert-OH is 1. The molecule has 3 rings (SSSR count). The van der Waals surface area contributed by atoms with Crippen LogP contribution in [-0.2, 0) is 10.2 Å². The average molecular weight is 258 g/mol. The van der Waals surface area contributed by atoms with E-state index in [1.54, 1.807) is 0 Å². The molecule has 19 heavy (non-hydrogen) atoms. The molecule has 1 aromatic rings. The van der Waals surface area contributed by atoms with E-state index in [-0.39, 0.29) is 12.0 Å². The molecular formula is C14H14N2O3. The quantitative estimate of drug-likeness (QED) is 0.892. The highest BCUT2D eigenvalue weighted by Gasteiger charge is 2.44. The fraction of sp³-hybridized carbons (Fsp3) is 0.429. The van der Waals surface area contributed by atoms with Crippen LogP contribution in [0.3, 0.4) is 0 Å². The summed E-state index contributed by atoms with van der Waals surface area (Å²) in [4.78, 5) is 13.1. The smallest absolute Gasteiger partial charge is 0.414 e. The van der Waals surface area contributed by atoms with Crippen LogP contribution in [0.5, 0.6) is 0 Å². The number of aliphatic hydroxyl groups is 1. The van der Waals surface area contributed by atoms with E-state index in [9.17, 15) is 4.79 Å². The van der Waals surface area contributed by atoms with Gasteiger partial charge in [0, 0.05) is 5.69 Å². The maximum absolute atomic E-state index is 11.6. The van der Waals surface area contributed by atoms with Crippen molar-refractivity contribution in [1.29, 1.82) is 5.26 Å². The molecule has 0 unspecified atom stereocenters. The second-order valence-electron chi connectivity index (χ2n) is 5.04. The molecule has 1 atom stereocenters. The summed E-state index contributed by atoms with van der Waals surface area (Å²) in [5.41, 5.74) is 1.43. The second-order valence-corrected chi connectivity index (χ2v) is 5.04. The SMILES string of the molecule is N#CC1(c2ccc(N3C[C@H](CO)OC3=O)cc2)CC1. The lowest BCUT2D eigenvalue weighted by atomic mass is 9.97. The molecule has 0 aromatic heterocycles. The van der Waals surface area contributed by atoms with Crippen LogP contribution in [0.1, 0.15) is 18.4 Å². The van der Waals surface area contributed by atoms with Crippen molar-refractivity contribution >= 4 is 11.8 Å². The van der Waals surface area contributed by atoms with Gasteiger partial charge in [-0.1, -0.05) is 12.1 Å². The Bertz CT molecular complexity index is 543. The molecule has 0 radical (unpaired) electrons. The van der Waals surface area contributed by atoms with Crippen LogP contribution < -0.4 is 4.90 Å². The number of cyclic esters (lactones) is 1. The Labute approximate surface area is 111 Å². The number of carbonyl (C=O) groups excluding carboxylic acids is 1. The van der Waals surface area contributed by atoms with Crippen LogP contribution in [0.15, 0.2) is 24.3 Å². The Morgan fingerprint density at radius 2 is 2.11 bits per heavy atom. The van der Waals surface area contributed by atoms with Gasteiger partial charge in [0.1, 0.15) is 6.10 Å². The monoisotopic (exact) mass is 258 g/mol. The van der Waals surface area contributed by atoms with E-state index in [0.29, 0.717) is 6.54 Å². The molecular weight excluding hydrogens is 244 g/mol. The molecule has 1 aliphatic heterocycles. The Morgan fingerprint density at radius 3 is 2.58 bits per heavy atom. The summed E-state index contributed by atoms with van der Waals surface area (Å²) in [7, 11) is 0. The van der Waals surface area contributed by atoms with Gasteiger partial charge in [-0.05, 0) is 30.5 Å². The number of benzene rings is 1. The molecule has 5 nitrogen and oxygen atoms in total. The molecule has 1 amide bonds. The van der Waals surface area contributed by atoms with Gasteiger partial charge in [0.05, 0.1) is 24.6 Å². The predicted octanol–water partition coefficient (Wildman–Crippen LogP) is 1.56. The Balaban J connectivity index is 1.80. The summed E-state index contributed by atoms with van der Waals surface area (Å²) >= 11 is 0. The molecule has 1 saturated heterocycles. The summed E-state index contributed by atoms with van der Waals surface area (Å²) < 4.78 is 4.99. The number of anilines is 1. The topological polar surface area (TPSA) is 73.6 Å². The standard InChI is InChI=1S/C14H14N2O3/c15-9-14(5-6-14)10-1-3-11(4-2-10)16-7-12(8-17)19-13(16)18/h1-4,12,17H,5-8H2/t12-/m1/s1. The van der Waals surface area contributed by atoms with Crippen molar-refractivity contribution in [3.05, 3.63) is 29.8 Å². The summed E-state index contributed by atoms with van der Waals surface area (Å²) in [6.07, 6.45) is 0.914. The number of rotatable bonds is 3. The van der Waals surface area contributed by atoms with Crippen molar-refractivity contribution in [2.45, 2.75) is 24.4 Å². The van der Waals surface area contributed by atoms with Gasteiger partial charge in [-0.3, -0.25) is 4.90 Å². The molecule has 1 aromatic carbocycles. The van der Waals surface area contributed by atoms with E-state index in [4.69, 9.17) is 15.1 Å². The average Bonchev–Trinajstić information content (AvgIpc) is 3.16. The van der Waals surface area contributed by atoms with Crippen LogP contribution in [-0.4, -0.2) is 30.5 Å². The van der Waals surface area contributed by atoms with Crippen molar-refractivity contribution < 1.29 is 14.6 Å². The van der Waals surface area contributed by atoms with E-state index in [1.165, 1.54) is 4.90 Å². The van der Waals surface area contributed by atoms with Gasteiger partial charge < -0.3 is 9.84 Å². The van der Waals surface area contributed by atoms with Gasteiger partial charge >= 0.3 is 6.09 Å². The summed E-state index contributed by atoms with van der Waals surface area (Å²) in [5.74, 6) is 0. The number of hydrogen-bond donors (Lipinski definition) is 1. The molecule has 1 saturated carbocycles. The van der Waals surface area contributed by atoms with Gasteiger partial charge in [0.25, 0.3) is 0 Å². The molecule has 0 bridgehead atoms. The van der Waals surface area contributed by atoms with E-state index in [1.807, 2.05) is 24.3 Å². The summed E-state index contributed by atoms with van der Waals surface area (Å²) in [5, 5.41) is 18.1. The van der Waals surface area contributed by atoms with E-state index >= 15 is 0 Å². The van der Waals surface area contributed by atoms with Crippen molar-refractivity contribution in [2.75, 3.05) is 18.1 Å². The molecule has 1 N–H and O–H groups in total. The van der Waals surface area contributed by atoms with Crippen molar-refractivity contribution in [3.63, 3.8) is 0 Å². The normalized spacial score (nSPS) is 23.9. The Morgan fingerprint density at radius 1 is 1.42 bits per heavy atom. The first-order valence-electron chi connectivity index (χ1n) is 6.29. The minimum atomic E-state index is -0.457. The van der Waals surface area contributed by atoms with Gasteiger partial charge in [-0.2, -0.15) is 5.26 Å². The highest BCUT2D eigenvalue weighted by molar-refractivity contribution is 5.89. The molecule has 0 spiro atoms. The molecule has 1 aliphatic carbocycles. The van der Waals surface area contributed by atoms with Gasteiger partial charge in [-0.15, -0.1) is 0 Å². The Hall–Kier alpha value is -2.06. The van der Waals surface area contributed by atoms with Crippen LogP contribution in [0.25, 0.3) is 0 Å². The molecule has 1 heterocycles. The fourth-order valence-electron chi connectivity index (χ4n) is 2.38. The third kappa shape index (κ3) is 1.94. The zero-order chi connectivity index (χ0) is 13.5. The lowest BCUT2D eigenvalue weighted by Gasteiger charge is -2.14. The van der Waals surface area contributed by atoms with Crippen LogP contribution >= 0.6 is 0 Å². The first kappa shape index (κ1) is 12.0. The number of amides is 1. The largest absolute Gasteiger partial charge is 0.441 e. The van der Waals surface area contributed by atoms with E-state index in [2.05, 4.69) is 6.07 Å². The third-order valence-corrected chi connectivity index (χ3v) is 3.77. The lowest BCUT2D eigenvalue weighted by molar-refractivity contribution is 0.0963. The van der Waals surface area contributed by atoms with E-state index < -0.39 is 12.2 Å². The summed E-state index contributed by atoms with van der Waals surface area (Å²) in [6, 6.07) is 9.79. The van der Waals surface area contributed by atoms with Crippen molar-refractivity contribution in [3.8, 4) is 6.07 Å². The summed E-state index contributed by atoms with van der Waals surface area (Å²) in [6.45, 7) is 0.190. The second kappa shape index (κ2) is 4.25. The molecule has 2 aliphatic rings. The number of nitrogens with zero attached hydrogens (tertiary/aromatic N) is 2. The minimum absolute atomic E-state index is 0.169. The van der Waals surface area contributed by atoms with Crippen LogP contribution in [0.4, 0.5) is 10.5 Å². The maximum Gasteiger partial charge on any atom is 0.414 e. The van der Waals surface area contributed by atoms with E-state index in [0.717, 1.165) is 24.1 Å². The third-order valence-electron chi connectivity index (χ3n) is 3.77. The predicted molar refractivity (Wildman–Crippen MR) is 67.7 cm³/mol. The molecule has 5 heteroatoms. The first-order chi connectivity index (χ1) is 9.18. The minimum Gasteiger partial charge on any atom is -0.441 e. The number of carbonyl (C=O) groups is 1. The highest BCUT2D eigenvalue weighted by atomic mass is 16.6. The highest BCUT2D eigenvalue weighted by Crippen LogP contribution is 2.47. The van der Waals surface area contributed by atoms with Crippen molar-refractivity contribution in [2.24, 2.45) is 0 Å². The Kier molecular flexibility index (Phi) is 2.68. The van der Waals surface area contributed by atoms with Crippen LogP contribution in [0, 0.1) is 11.3 Å². The van der Waals surface area contributed by atoms with Crippen molar-refractivity contribution in [1.82, 2.24) is 0 Å². The lowest BCUT2D eigenvalue weighted by Crippen LogP contribution is -2.25. The molecule has 2 fully saturated rings. The van der Waals surface area contributed by atoms with Gasteiger partial charge in [-0.25, -0.2) is 4.79 Å². The van der Waals surface area contributed by atoms with Crippen LogP contribution in [0.2, 0.25) is 0 Å². The zero-order valence-corrected chi connectivity index (χ0v) is 10.4. The number of nitriles is 1. The zero-order valence-electron chi connectivity index (χ0n) is 10.4. The van der Waals surface area contributed by atoms with Gasteiger partial charge in [0.15, 0.2) is 0 Å². The maximum atomic E-state index is 11.6.